The highest BCUT2D eigenvalue weighted by Crippen LogP contribution is 2.19. The van der Waals surface area contributed by atoms with Gasteiger partial charge in [0.15, 0.2) is 0 Å². The van der Waals surface area contributed by atoms with Crippen molar-refractivity contribution in [3.05, 3.63) is 16.1 Å². The first-order valence-corrected chi connectivity index (χ1v) is 7.55. The highest BCUT2D eigenvalue weighted by atomic mass is 32.1. The maximum Gasteiger partial charge on any atom is 0.107 e. The van der Waals surface area contributed by atoms with Crippen LogP contribution in [0.3, 0.4) is 0 Å². The van der Waals surface area contributed by atoms with E-state index in [1.807, 2.05) is 11.3 Å². The number of aromatic nitrogens is 1. The number of piperidine rings is 1. The molecule has 0 amide bonds. The van der Waals surface area contributed by atoms with Gasteiger partial charge < -0.3 is 5.73 Å². The molecule has 0 saturated carbocycles. The molecule has 0 spiro atoms. The van der Waals surface area contributed by atoms with Crippen molar-refractivity contribution in [3.63, 3.8) is 0 Å². The summed E-state index contributed by atoms with van der Waals surface area (Å²) >= 11 is 1.81. The number of nitrogens with zero attached hydrogens (tertiary/aromatic N) is 2. The Morgan fingerprint density at radius 1 is 1.59 bits per heavy atom. The van der Waals surface area contributed by atoms with Crippen LogP contribution in [0, 0.1) is 5.92 Å². The standard InChI is InChI=1S/C13H23N3S/c1-2-4-12-10-17-13(15-12)9-16-6-3-5-11(7-14)8-16/h10-11H,2-9,14H2,1H3. The smallest absolute Gasteiger partial charge is 0.107 e. The monoisotopic (exact) mass is 253 g/mol. The molecule has 96 valence electrons. The SMILES string of the molecule is CCCc1csc(CN2CCCC(CN)C2)n1. The summed E-state index contributed by atoms with van der Waals surface area (Å²) in [7, 11) is 0. The van der Waals surface area contributed by atoms with E-state index < -0.39 is 0 Å². The van der Waals surface area contributed by atoms with Crippen LogP contribution in [0.4, 0.5) is 0 Å². The van der Waals surface area contributed by atoms with Crippen molar-refractivity contribution in [3.8, 4) is 0 Å². The fourth-order valence-corrected chi connectivity index (χ4v) is 3.34. The zero-order chi connectivity index (χ0) is 12.1. The van der Waals surface area contributed by atoms with E-state index in [0.29, 0.717) is 5.92 Å². The van der Waals surface area contributed by atoms with Crippen LogP contribution in [0.25, 0.3) is 0 Å². The molecule has 0 bridgehead atoms. The average molecular weight is 253 g/mol. The summed E-state index contributed by atoms with van der Waals surface area (Å²) in [6, 6.07) is 0. The van der Waals surface area contributed by atoms with E-state index in [0.717, 1.165) is 26.1 Å². The van der Waals surface area contributed by atoms with Gasteiger partial charge in [0.05, 0.1) is 12.2 Å². The van der Waals surface area contributed by atoms with Crippen LogP contribution in [0.2, 0.25) is 0 Å². The first kappa shape index (κ1) is 13.0. The van der Waals surface area contributed by atoms with Crippen molar-refractivity contribution in [2.45, 2.75) is 39.2 Å². The molecular weight excluding hydrogens is 230 g/mol. The second kappa shape index (κ2) is 6.47. The van der Waals surface area contributed by atoms with Crippen LogP contribution in [0.1, 0.15) is 36.9 Å². The highest BCUT2D eigenvalue weighted by molar-refractivity contribution is 7.09. The molecule has 1 aliphatic rings. The molecule has 1 aliphatic heterocycles. The molecule has 2 N–H and O–H groups in total. The Bertz CT molecular complexity index is 337. The number of thiazole rings is 1. The molecule has 1 unspecified atom stereocenters. The van der Waals surface area contributed by atoms with Gasteiger partial charge in [-0.25, -0.2) is 4.98 Å². The minimum Gasteiger partial charge on any atom is -0.330 e. The molecule has 0 aliphatic carbocycles. The number of hydrogen-bond donors (Lipinski definition) is 1. The lowest BCUT2D eigenvalue weighted by Crippen LogP contribution is -2.37. The van der Waals surface area contributed by atoms with Crippen molar-refractivity contribution in [1.82, 2.24) is 9.88 Å². The number of nitrogens with two attached hydrogens (primary N) is 1. The predicted octanol–water partition coefficient (Wildman–Crippen LogP) is 2.27. The molecular formula is C13H23N3S. The minimum absolute atomic E-state index is 0.693. The molecule has 2 rings (SSSR count). The fraction of sp³-hybridized carbons (Fsp3) is 0.769. The average Bonchev–Trinajstić information content (AvgIpc) is 2.77. The maximum atomic E-state index is 5.76. The number of likely N-dealkylation sites (tertiary alicyclic amines) is 1. The lowest BCUT2D eigenvalue weighted by atomic mass is 9.98. The van der Waals surface area contributed by atoms with E-state index in [9.17, 15) is 0 Å². The molecule has 0 radical (unpaired) electrons. The largest absolute Gasteiger partial charge is 0.330 e. The minimum atomic E-state index is 0.693. The fourth-order valence-electron chi connectivity index (χ4n) is 2.47. The van der Waals surface area contributed by atoms with Gasteiger partial charge in [0.25, 0.3) is 0 Å². The number of hydrogen-bond acceptors (Lipinski definition) is 4. The Labute approximate surface area is 108 Å². The Morgan fingerprint density at radius 3 is 3.24 bits per heavy atom. The molecule has 1 aromatic heterocycles. The summed E-state index contributed by atoms with van der Waals surface area (Å²) in [5.41, 5.74) is 7.03. The summed E-state index contributed by atoms with van der Waals surface area (Å²) in [5, 5.41) is 3.48. The highest BCUT2D eigenvalue weighted by Gasteiger charge is 2.19. The number of rotatable bonds is 5. The molecule has 17 heavy (non-hydrogen) atoms. The van der Waals surface area contributed by atoms with Crippen LogP contribution in [-0.2, 0) is 13.0 Å². The summed E-state index contributed by atoms with van der Waals surface area (Å²) in [6.07, 6.45) is 4.88. The zero-order valence-electron chi connectivity index (χ0n) is 10.7. The molecule has 1 aromatic rings. The van der Waals surface area contributed by atoms with E-state index in [1.165, 1.54) is 36.5 Å². The zero-order valence-corrected chi connectivity index (χ0v) is 11.5. The molecule has 1 saturated heterocycles. The van der Waals surface area contributed by atoms with Crippen molar-refractivity contribution in [1.29, 1.82) is 0 Å². The lowest BCUT2D eigenvalue weighted by Gasteiger charge is -2.31. The third-order valence-corrected chi connectivity index (χ3v) is 4.28. The van der Waals surface area contributed by atoms with Crippen LogP contribution >= 0.6 is 11.3 Å². The molecule has 3 nitrogen and oxygen atoms in total. The molecule has 1 fully saturated rings. The van der Waals surface area contributed by atoms with Gasteiger partial charge in [-0.05, 0) is 38.3 Å². The Hall–Kier alpha value is -0.450. The van der Waals surface area contributed by atoms with Gasteiger partial charge >= 0.3 is 0 Å². The van der Waals surface area contributed by atoms with E-state index >= 15 is 0 Å². The van der Waals surface area contributed by atoms with Crippen LogP contribution in [0.15, 0.2) is 5.38 Å². The number of aryl methyl sites for hydroxylation is 1. The topological polar surface area (TPSA) is 42.1 Å². The normalized spacial score (nSPS) is 21.9. The third-order valence-electron chi connectivity index (χ3n) is 3.40. The first-order chi connectivity index (χ1) is 8.31. The lowest BCUT2D eigenvalue weighted by molar-refractivity contribution is 0.171. The van der Waals surface area contributed by atoms with Crippen molar-refractivity contribution >= 4 is 11.3 Å². The van der Waals surface area contributed by atoms with Crippen molar-refractivity contribution in [2.24, 2.45) is 11.7 Å². The molecule has 4 heteroatoms. The third kappa shape index (κ3) is 3.76. The van der Waals surface area contributed by atoms with Crippen LogP contribution < -0.4 is 5.73 Å². The van der Waals surface area contributed by atoms with E-state index in [1.54, 1.807) is 0 Å². The van der Waals surface area contributed by atoms with Gasteiger partial charge in [0.2, 0.25) is 0 Å². The second-order valence-corrected chi connectivity index (χ2v) is 5.90. The molecule has 2 heterocycles. The van der Waals surface area contributed by atoms with Crippen LogP contribution in [0.5, 0.6) is 0 Å². The first-order valence-electron chi connectivity index (χ1n) is 6.67. The predicted molar refractivity (Wildman–Crippen MR) is 73.2 cm³/mol. The van der Waals surface area contributed by atoms with E-state index in [-0.39, 0.29) is 0 Å². The van der Waals surface area contributed by atoms with E-state index in [2.05, 4.69) is 17.2 Å². The Balaban J connectivity index is 1.86. The van der Waals surface area contributed by atoms with Crippen molar-refractivity contribution < 1.29 is 0 Å². The van der Waals surface area contributed by atoms with E-state index in [4.69, 9.17) is 10.7 Å². The van der Waals surface area contributed by atoms with Gasteiger partial charge in [0.1, 0.15) is 5.01 Å². The summed E-state index contributed by atoms with van der Waals surface area (Å²) in [6.45, 7) is 6.41. The Morgan fingerprint density at radius 2 is 2.47 bits per heavy atom. The van der Waals surface area contributed by atoms with Gasteiger partial charge in [-0.2, -0.15) is 0 Å². The Kier molecular flexibility index (Phi) is 4.95. The summed E-state index contributed by atoms with van der Waals surface area (Å²) in [4.78, 5) is 7.20. The van der Waals surface area contributed by atoms with Gasteiger partial charge in [-0.1, -0.05) is 13.3 Å². The van der Waals surface area contributed by atoms with Crippen molar-refractivity contribution in [2.75, 3.05) is 19.6 Å². The summed E-state index contributed by atoms with van der Waals surface area (Å²) < 4.78 is 0. The van der Waals surface area contributed by atoms with Gasteiger partial charge in [0, 0.05) is 11.9 Å². The van der Waals surface area contributed by atoms with Gasteiger partial charge in [-0.3, -0.25) is 4.90 Å². The van der Waals surface area contributed by atoms with Gasteiger partial charge in [-0.15, -0.1) is 11.3 Å². The molecule has 0 aromatic carbocycles. The quantitative estimate of drug-likeness (QED) is 0.875. The van der Waals surface area contributed by atoms with Crippen LogP contribution in [-0.4, -0.2) is 29.5 Å². The maximum absolute atomic E-state index is 5.76. The molecule has 1 atom stereocenters. The second-order valence-electron chi connectivity index (χ2n) is 4.96. The summed E-state index contributed by atoms with van der Waals surface area (Å²) in [5.74, 6) is 0.693.